The van der Waals surface area contributed by atoms with E-state index in [0.717, 1.165) is 25.0 Å². The van der Waals surface area contributed by atoms with Gasteiger partial charge in [-0.15, -0.1) is 0 Å². The van der Waals surface area contributed by atoms with Crippen LogP contribution in [0.5, 0.6) is 0 Å². The summed E-state index contributed by atoms with van der Waals surface area (Å²) in [6.45, 7) is 7.55. The fourth-order valence-corrected chi connectivity index (χ4v) is 3.81. The highest BCUT2D eigenvalue weighted by Gasteiger charge is 2.32. The van der Waals surface area contributed by atoms with Crippen LogP contribution in [0.3, 0.4) is 0 Å². The van der Waals surface area contributed by atoms with Gasteiger partial charge in [0, 0.05) is 25.6 Å². The smallest absolute Gasteiger partial charge is 0.245 e. The highest BCUT2D eigenvalue weighted by atomic mass is 16.5. The molecule has 2 heterocycles. The topological polar surface area (TPSA) is 58.6 Å². The van der Waals surface area contributed by atoms with Gasteiger partial charge in [-0.2, -0.15) is 0 Å². The van der Waals surface area contributed by atoms with E-state index in [9.17, 15) is 9.59 Å². The number of piperidine rings is 1. The van der Waals surface area contributed by atoms with Crippen LogP contribution in [0.2, 0.25) is 0 Å². The number of aryl methyl sites for hydroxylation is 1. The molecule has 2 saturated heterocycles. The van der Waals surface area contributed by atoms with Crippen molar-refractivity contribution in [3.63, 3.8) is 0 Å². The lowest BCUT2D eigenvalue weighted by molar-refractivity contribution is -0.133. The molecule has 0 unspecified atom stereocenters. The van der Waals surface area contributed by atoms with Crippen LogP contribution in [0.15, 0.2) is 36.9 Å². The normalized spacial score (nSPS) is 24.1. The molecule has 3 rings (SSSR count). The first-order chi connectivity index (χ1) is 12.6. The number of rotatable bonds is 4. The number of carbonyl (C=O) groups excluding carboxylic acids is 2. The number of carbonyl (C=O) groups is 2. The van der Waals surface area contributed by atoms with Crippen molar-refractivity contribution in [2.24, 2.45) is 5.92 Å². The molecule has 0 radical (unpaired) electrons. The highest BCUT2D eigenvalue weighted by molar-refractivity contribution is 5.87. The molecule has 2 atom stereocenters. The predicted molar refractivity (Wildman–Crippen MR) is 101 cm³/mol. The minimum atomic E-state index is -0.0873. The molecule has 1 aromatic rings. The van der Waals surface area contributed by atoms with Crippen LogP contribution in [0.25, 0.3) is 0 Å². The van der Waals surface area contributed by atoms with E-state index < -0.39 is 0 Å². The Hall–Kier alpha value is -2.14. The second kappa shape index (κ2) is 8.49. The first-order valence-electron chi connectivity index (χ1n) is 9.48. The molecule has 2 aliphatic heterocycles. The van der Waals surface area contributed by atoms with Crippen molar-refractivity contribution in [2.45, 2.75) is 44.8 Å². The first-order valence-corrected chi connectivity index (χ1v) is 9.48. The van der Waals surface area contributed by atoms with E-state index >= 15 is 0 Å². The van der Waals surface area contributed by atoms with Crippen molar-refractivity contribution in [3.8, 4) is 0 Å². The van der Waals surface area contributed by atoms with Gasteiger partial charge in [-0.05, 0) is 44.2 Å². The lowest BCUT2D eigenvalue weighted by Crippen LogP contribution is -2.48. The van der Waals surface area contributed by atoms with Crippen molar-refractivity contribution >= 4 is 11.8 Å². The van der Waals surface area contributed by atoms with Gasteiger partial charge in [0.05, 0.1) is 6.04 Å². The van der Waals surface area contributed by atoms with Crippen LogP contribution in [0.1, 0.15) is 42.9 Å². The summed E-state index contributed by atoms with van der Waals surface area (Å²) in [7, 11) is 0. The standard InChI is InChI=1S/C21H28N2O3/c1-3-19(24)23-12-10-17(11-13-23)21(25)22-18-5-4-14-26-20(18)16-8-6-15(2)7-9-16/h3,6-9,17-18,20H,1,4-5,10-14H2,2H3,(H,22,25)/t18-,20+/m1/s1. The van der Waals surface area contributed by atoms with Crippen molar-refractivity contribution in [3.05, 3.63) is 48.0 Å². The summed E-state index contributed by atoms with van der Waals surface area (Å²) >= 11 is 0. The van der Waals surface area contributed by atoms with Crippen molar-refractivity contribution in [1.29, 1.82) is 0 Å². The average molecular weight is 356 g/mol. The minimum absolute atomic E-state index is 0.00629. The van der Waals surface area contributed by atoms with Crippen molar-refractivity contribution in [2.75, 3.05) is 19.7 Å². The first kappa shape index (κ1) is 18.6. The minimum Gasteiger partial charge on any atom is -0.371 e. The Morgan fingerprint density at radius 3 is 2.54 bits per heavy atom. The van der Waals surface area contributed by atoms with E-state index in [1.54, 1.807) is 4.90 Å². The molecule has 0 aromatic heterocycles. The number of nitrogens with zero attached hydrogens (tertiary/aromatic N) is 1. The van der Waals surface area contributed by atoms with Gasteiger partial charge in [-0.25, -0.2) is 0 Å². The van der Waals surface area contributed by atoms with Crippen LogP contribution in [-0.2, 0) is 14.3 Å². The van der Waals surface area contributed by atoms with Crippen molar-refractivity contribution < 1.29 is 14.3 Å². The zero-order valence-corrected chi connectivity index (χ0v) is 15.4. The summed E-state index contributed by atoms with van der Waals surface area (Å²) in [5.74, 6) is -0.00301. The molecule has 2 fully saturated rings. The molecule has 1 aromatic carbocycles. The van der Waals surface area contributed by atoms with E-state index in [4.69, 9.17) is 4.74 Å². The fourth-order valence-electron chi connectivity index (χ4n) is 3.81. The molecule has 5 heteroatoms. The molecule has 5 nitrogen and oxygen atoms in total. The van der Waals surface area contributed by atoms with Crippen LogP contribution in [0, 0.1) is 12.8 Å². The molecule has 140 valence electrons. The largest absolute Gasteiger partial charge is 0.371 e. The summed E-state index contributed by atoms with van der Waals surface area (Å²) < 4.78 is 5.99. The lowest BCUT2D eigenvalue weighted by atomic mass is 9.92. The molecule has 26 heavy (non-hydrogen) atoms. The maximum atomic E-state index is 12.8. The summed E-state index contributed by atoms with van der Waals surface area (Å²) in [5.41, 5.74) is 2.33. The molecule has 2 amide bonds. The zero-order valence-electron chi connectivity index (χ0n) is 15.4. The molecule has 1 N–H and O–H groups in total. The number of nitrogens with one attached hydrogen (secondary N) is 1. The Kier molecular flexibility index (Phi) is 6.09. The Morgan fingerprint density at radius 1 is 1.19 bits per heavy atom. The number of hydrogen-bond acceptors (Lipinski definition) is 3. The van der Waals surface area contributed by atoms with Crippen LogP contribution < -0.4 is 5.32 Å². The van der Waals surface area contributed by atoms with Gasteiger partial charge in [0.2, 0.25) is 11.8 Å². The van der Waals surface area contributed by atoms with E-state index in [-0.39, 0.29) is 29.9 Å². The number of amides is 2. The average Bonchev–Trinajstić information content (AvgIpc) is 2.68. The number of likely N-dealkylation sites (tertiary alicyclic amines) is 1. The quantitative estimate of drug-likeness (QED) is 0.844. The summed E-state index contributed by atoms with van der Waals surface area (Å²) in [6.07, 6.45) is 4.54. The second-order valence-electron chi connectivity index (χ2n) is 7.26. The van der Waals surface area contributed by atoms with Crippen LogP contribution in [0.4, 0.5) is 0 Å². The Bertz CT molecular complexity index is 648. The molecule has 0 spiro atoms. The van der Waals surface area contributed by atoms with E-state index in [1.807, 2.05) is 0 Å². The van der Waals surface area contributed by atoms with Gasteiger partial charge in [-0.3, -0.25) is 9.59 Å². The molecule has 0 bridgehead atoms. The SMILES string of the molecule is C=CC(=O)N1CCC(C(=O)N[C@@H]2CCCO[C@H]2c2ccc(C)cc2)CC1. The Morgan fingerprint density at radius 2 is 1.88 bits per heavy atom. The zero-order chi connectivity index (χ0) is 18.5. The van der Waals surface area contributed by atoms with Gasteiger partial charge in [-0.1, -0.05) is 36.4 Å². The number of benzene rings is 1. The Balaban J connectivity index is 1.59. The third-order valence-corrected chi connectivity index (χ3v) is 5.41. The highest BCUT2D eigenvalue weighted by Crippen LogP contribution is 2.29. The lowest BCUT2D eigenvalue weighted by Gasteiger charge is -2.35. The van der Waals surface area contributed by atoms with Gasteiger partial charge in [0.15, 0.2) is 0 Å². The van der Waals surface area contributed by atoms with Gasteiger partial charge in [0.1, 0.15) is 6.10 Å². The number of hydrogen-bond donors (Lipinski definition) is 1. The van der Waals surface area contributed by atoms with E-state index in [2.05, 4.69) is 43.1 Å². The summed E-state index contributed by atoms with van der Waals surface area (Å²) in [6, 6.07) is 8.34. The molecular formula is C21H28N2O3. The molecule has 2 aliphatic rings. The van der Waals surface area contributed by atoms with Gasteiger partial charge in [0.25, 0.3) is 0 Å². The van der Waals surface area contributed by atoms with E-state index in [0.29, 0.717) is 25.9 Å². The summed E-state index contributed by atoms with van der Waals surface area (Å²) in [5, 5.41) is 3.22. The maximum Gasteiger partial charge on any atom is 0.245 e. The third kappa shape index (κ3) is 4.33. The molecular weight excluding hydrogens is 328 g/mol. The van der Waals surface area contributed by atoms with E-state index in [1.165, 1.54) is 11.6 Å². The third-order valence-electron chi connectivity index (χ3n) is 5.41. The number of ether oxygens (including phenoxy) is 1. The fraction of sp³-hybridized carbons (Fsp3) is 0.524. The molecule has 0 aliphatic carbocycles. The second-order valence-corrected chi connectivity index (χ2v) is 7.26. The van der Waals surface area contributed by atoms with Crippen LogP contribution >= 0.6 is 0 Å². The van der Waals surface area contributed by atoms with Gasteiger partial charge >= 0.3 is 0 Å². The molecule has 0 saturated carbocycles. The Labute approximate surface area is 155 Å². The summed E-state index contributed by atoms with van der Waals surface area (Å²) in [4.78, 5) is 26.2. The predicted octanol–water partition coefficient (Wildman–Crippen LogP) is 2.76. The van der Waals surface area contributed by atoms with Crippen LogP contribution in [-0.4, -0.2) is 42.5 Å². The van der Waals surface area contributed by atoms with Gasteiger partial charge < -0.3 is 15.0 Å². The monoisotopic (exact) mass is 356 g/mol. The van der Waals surface area contributed by atoms with Crippen molar-refractivity contribution in [1.82, 2.24) is 10.2 Å². The maximum absolute atomic E-state index is 12.8.